The Morgan fingerprint density at radius 1 is 1.23 bits per heavy atom. The number of nitrogens with one attached hydrogen (secondary N) is 1. The highest BCUT2D eigenvalue weighted by molar-refractivity contribution is 7.88. The first kappa shape index (κ1) is 20.7. The van der Waals surface area contributed by atoms with E-state index in [-0.39, 0.29) is 5.91 Å². The van der Waals surface area contributed by atoms with Gasteiger partial charge in [0.15, 0.2) is 0 Å². The Hall–Kier alpha value is -1.61. The molecule has 0 atom stereocenters. The number of carbonyl (C=O) groups excluding carboxylic acids is 1. The van der Waals surface area contributed by atoms with Crippen LogP contribution in [0.1, 0.15) is 14.5 Å². The van der Waals surface area contributed by atoms with Crippen LogP contribution in [-0.2, 0) is 16.4 Å². The van der Waals surface area contributed by atoms with Gasteiger partial charge in [-0.25, -0.2) is 13.1 Å². The van der Waals surface area contributed by atoms with E-state index in [1.807, 2.05) is 6.07 Å². The molecule has 142 valence electrons. The number of hydrogen-bond donors (Lipinski definition) is 1. The van der Waals surface area contributed by atoms with Gasteiger partial charge in [-0.3, -0.25) is 4.79 Å². The van der Waals surface area contributed by atoms with Crippen LogP contribution in [-0.4, -0.2) is 52.2 Å². The molecule has 0 aliphatic heterocycles. The lowest BCUT2D eigenvalue weighted by Crippen LogP contribution is -2.30. The van der Waals surface area contributed by atoms with E-state index in [0.29, 0.717) is 41.8 Å². The van der Waals surface area contributed by atoms with Crippen LogP contribution in [0.4, 0.5) is 0 Å². The number of ether oxygens (including phenoxy) is 1. The monoisotopic (exact) mass is 416 g/mol. The third-order valence-corrected chi connectivity index (χ3v) is 5.58. The van der Waals surface area contributed by atoms with Crippen LogP contribution in [0.3, 0.4) is 0 Å². The number of likely N-dealkylation sites (N-methyl/N-ethyl adjacent to an activating group) is 1. The van der Waals surface area contributed by atoms with Crippen LogP contribution in [0.15, 0.2) is 36.4 Å². The summed E-state index contributed by atoms with van der Waals surface area (Å²) in [5.74, 6) is 0.615. The van der Waals surface area contributed by atoms with Crippen molar-refractivity contribution in [2.75, 3.05) is 33.0 Å². The van der Waals surface area contributed by atoms with Crippen molar-refractivity contribution in [2.24, 2.45) is 0 Å². The first-order valence-corrected chi connectivity index (χ1v) is 11.0. The number of carbonyl (C=O) groups is 1. The Morgan fingerprint density at radius 3 is 2.58 bits per heavy atom. The molecule has 1 heterocycles. The summed E-state index contributed by atoms with van der Waals surface area (Å²) in [4.78, 5) is 15.6. The summed E-state index contributed by atoms with van der Waals surface area (Å²) in [5.41, 5.74) is 0. The van der Waals surface area contributed by atoms with Gasteiger partial charge in [0.1, 0.15) is 12.4 Å². The average molecular weight is 417 g/mol. The minimum Gasteiger partial charge on any atom is -0.492 e. The largest absolute Gasteiger partial charge is 0.492 e. The fourth-order valence-electron chi connectivity index (χ4n) is 2.11. The molecule has 1 N–H and O–H groups in total. The van der Waals surface area contributed by atoms with Crippen LogP contribution >= 0.6 is 22.9 Å². The van der Waals surface area contributed by atoms with Crippen molar-refractivity contribution in [3.8, 4) is 5.75 Å². The van der Waals surface area contributed by atoms with Gasteiger partial charge in [0, 0.05) is 23.5 Å². The molecular formula is C17H21ClN2O4S2. The van der Waals surface area contributed by atoms with Gasteiger partial charge >= 0.3 is 0 Å². The highest BCUT2D eigenvalue weighted by Gasteiger charge is 2.14. The summed E-state index contributed by atoms with van der Waals surface area (Å²) in [6.45, 7) is 1.14. The number of halogens is 1. The molecule has 2 aromatic rings. The second-order valence-electron chi connectivity index (χ2n) is 5.71. The van der Waals surface area contributed by atoms with E-state index in [4.69, 9.17) is 16.3 Å². The van der Waals surface area contributed by atoms with E-state index < -0.39 is 10.0 Å². The first-order chi connectivity index (χ1) is 12.2. The number of nitrogens with zero attached hydrogens (tertiary/aromatic N) is 1. The molecule has 0 fully saturated rings. The quantitative estimate of drug-likeness (QED) is 0.681. The van der Waals surface area contributed by atoms with Gasteiger partial charge in [-0.05, 0) is 42.8 Å². The fraction of sp³-hybridized carbons (Fsp3) is 0.353. The highest BCUT2D eigenvalue weighted by Crippen LogP contribution is 2.19. The second-order valence-corrected chi connectivity index (χ2v) is 9.15. The van der Waals surface area contributed by atoms with E-state index in [1.54, 1.807) is 42.3 Å². The molecule has 0 saturated heterocycles. The van der Waals surface area contributed by atoms with Crippen LogP contribution in [0.5, 0.6) is 5.75 Å². The van der Waals surface area contributed by atoms with E-state index in [0.717, 1.165) is 11.1 Å². The van der Waals surface area contributed by atoms with Gasteiger partial charge in [0.2, 0.25) is 10.0 Å². The number of hydrogen-bond acceptors (Lipinski definition) is 5. The van der Waals surface area contributed by atoms with Crippen molar-refractivity contribution >= 4 is 38.9 Å². The molecule has 0 aliphatic carbocycles. The predicted octanol–water partition coefficient (Wildman–Crippen LogP) is 2.64. The van der Waals surface area contributed by atoms with Crippen LogP contribution in [0.25, 0.3) is 0 Å². The maximum absolute atomic E-state index is 12.4. The Bertz CT molecular complexity index is 835. The summed E-state index contributed by atoms with van der Waals surface area (Å²) in [6.07, 6.45) is 1.67. The van der Waals surface area contributed by atoms with E-state index >= 15 is 0 Å². The van der Waals surface area contributed by atoms with E-state index in [9.17, 15) is 13.2 Å². The SMILES string of the molecule is CN(CCOc1ccc(Cl)cc1)C(=O)c1ccc(CCNS(C)(=O)=O)s1. The Balaban J connectivity index is 1.79. The normalized spacial score (nSPS) is 11.3. The Morgan fingerprint density at radius 2 is 1.92 bits per heavy atom. The van der Waals surface area contributed by atoms with Crippen LogP contribution in [0, 0.1) is 0 Å². The molecule has 26 heavy (non-hydrogen) atoms. The number of benzene rings is 1. The lowest BCUT2D eigenvalue weighted by molar-refractivity contribution is 0.0778. The molecule has 0 radical (unpaired) electrons. The summed E-state index contributed by atoms with van der Waals surface area (Å²) in [5, 5.41) is 0.643. The first-order valence-electron chi connectivity index (χ1n) is 7.92. The van der Waals surface area contributed by atoms with Crippen LogP contribution < -0.4 is 9.46 Å². The maximum Gasteiger partial charge on any atom is 0.263 e. The van der Waals surface area contributed by atoms with Gasteiger partial charge < -0.3 is 9.64 Å². The van der Waals surface area contributed by atoms with Gasteiger partial charge in [-0.15, -0.1) is 11.3 Å². The molecule has 1 aromatic carbocycles. The van der Waals surface area contributed by atoms with Crippen molar-refractivity contribution in [1.82, 2.24) is 9.62 Å². The van der Waals surface area contributed by atoms with E-state index in [2.05, 4.69) is 4.72 Å². The number of amides is 1. The average Bonchev–Trinajstić information content (AvgIpc) is 3.03. The highest BCUT2D eigenvalue weighted by atomic mass is 35.5. The minimum atomic E-state index is -3.19. The fourth-order valence-corrected chi connectivity index (χ4v) is 3.71. The van der Waals surface area contributed by atoms with Gasteiger partial charge in [-0.2, -0.15) is 0 Å². The summed E-state index contributed by atoms with van der Waals surface area (Å²) in [6, 6.07) is 10.7. The molecule has 0 saturated carbocycles. The maximum atomic E-state index is 12.4. The standard InChI is InChI=1S/C17H21ClN2O4S2/c1-20(11-12-24-14-5-3-13(18)4-6-14)17(21)16-8-7-15(25-16)9-10-19-26(2,22)23/h3-8,19H,9-12H2,1-2H3. The lowest BCUT2D eigenvalue weighted by atomic mass is 10.3. The molecule has 0 unspecified atom stereocenters. The van der Waals surface area contributed by atoms with Crippen molar-refractivity contribution in [3.63, 3.8) is 0 Å². The second kappa shape index (κ2) is 9.36. The summed E-state index contributed by atoms with van der Waals surface area (Å²) in [7, 11) is -1.47. The Kier molecular flexibility index (Phi) is 7.45. The third-order valence-electron chi connectivity index (χ3n) is 3.46. The predicted molar refractivity (Wildman–Crippen MR) is 105 cm³/mol. The molecule has 6 nitrogen and oxygen atoms in total. The van der Waals surface area contributed by atoms with Crippen LogP contribution in [0.2, 0.25) is 5.02 Å². The smallest absolute Gasteiger partial charge is 0.263 e. The van der Waals surface area contributed by atoms with Crippen molar-refractivity contribution in [1.29, 1.82) is 0 Å². The van der Waals surface area contributed by atoms with Gasteiger partial charge in [-0.1, -0.05) is 11.6 Å². The molecule has 1 amide bonds. The Labute approximate surface area is 162 Å². The molecule has 1 aromatic heterocycles. The van der Waals surface area contributed by atoms with E-state index in [1.165, 1.54) is 11.3 Å². The van der Waals surface area contributed by atoms with Crippen molar-refractivity contribution in [3.05, 3.63) is 51.2 Å². The number of rotatable bonds is 9. The zero-order valence-corrected chi connectivity index (χ0v) is 17.0. The molecule has 0 bridgehead atoms. The molecular weight excluding hydrogens is 396 g/mol. The van der Waals surface area contributed by atoms with Crippen molar-refractivity contribution in [2.45, 2.75) is 6.42 Å². The minimum absolute atomic E-state index is 0.0861. The molecule has 9 heteroatoms. The molecule has 0 spiro atoms. The zero-order chi connectivity index (χ0) is 19.2. The number of sulfonamides is 1. The topological polar surface area (TPSA) is 75.7 Å². The molecule has 2 rings (SSSR count). The van der Waals surface area contributed by atoms with Gasteiger partial charge in [0.05, 0.1) is 17.7 Å². The lowest BCUT2D eigenvalue weighted by Gasteiger charge is -2.16. The van der Waals surface area contributed by atoms with Gasteiger partial charge in [0.25, 0.3) is 5.91 Å². The summed E-state index contributed by atoms with van der Waals surface area (Å²) >= 11 is 7.19. The zero-order valence-electron chi connectivity index (χ0n) is 14.6. The molecule has 0 aliphatic rings. The van der Waals surface area contributed by atoms with Crippen molar-refractivity contribution < 1.29 is 17.9 Å². The third kappa shape index (κ3) is 6.95. The number of thiophene rings is 1. The summed E-state index contributed by atoms with van der Waals surface area (Å²) < 4.78 is 30.1.